The van der Waals surface area contributed by atoms with Gasteiger partial charge in [0, 0.05) is 44.0 Å². The van der Waals surface area contributed by atoms with Gasteiger partial charge in [0.25, 0.3) is 11.8 Å². The van der Waals surface area contributed by atoms with E-state index in [1.165, 1.54) is 18.7 Å². The van der Waals surface area contributed by atoms with Crippen molar-refractivity contribution in [3.8, 4) is 0 Å². The van der Waals surface area contributed by atoms with Crippen LogP contribution in [0.25, 0.3) is 0 Å². The van der Waals surface area contributed by atoms with Crippen LogP contribution in [0.1, 0.15) is 40.3 Å². The van der Waals surface area contributed by atoms with Gasteiger partial charge in [0.1, 0.15) is 5.69 Å². The van der Waals surface area contributed by atoms with Gasteiger partial charge in [-0.25, -0.2) is 4.98 Å². The Morgan fingerprint density at radius 3 is 2.64 bits per heavy atom. The summed E-state index contributed by atoms with van der Waals surface area (Å²) in [5, 5.41) is 0. The van der Waals surface area contributed by atoms with Crippen molar-refractivity contribution in [1.82, 2.24) is 19.8 Å². The molecule has 0 radical (unpaired) electrons. The van der Waals surface area contributed by atoms with E-state index < -0.39 is 0 Å². The minimum absolute atomic E-state index is 0.0294. The van der Waals surface area contributed by atoms with E-state index in [2.05, 4.69) is 9.97 Å². The molecule has 1 spiro atoms. The fraction of sp³-hybridized carbons (Fsp3) is 0.444. The van der Waals surface area contributed by atoms with Crippen LogP contribution in [-0.2, 0) is 0 Å². The monoisotopic (exact) mass is 340 g/mol. The Labute approximate surface area is 145 Å². The Bertz CT molecular complexity index is 762. The molecule has 4 heterocycles. The second-order valence-corrected chi connectivity index (χ2v) is 6.87. The van der Waals surface area contributed by atoms with Crippen molar-refractivity contribution in [3.05, 3.63) is 48.4 Å². The second kappa shape index (κ2) is 6.31. The van der Waals surface area contributed by atoms with Gasteiger partial charge in [-0.1, -0.05) is 0 Å². The highest BCUT2D eigenvalue weighted by molar-refractivity contribution is 5.92. The van der Waals surface area contributed by atoms with Crippen molar-refractivity contribution in [3.63, 3.8) is 0 Å². The molecule has 2 aliphatic heterocycles. The number of amides is 2. The van der Waals surface area contributed by atoms with Gasteiger partial charge in [-0.05, 0) is 31.4 Å². The van der Waals surface area contributed by atoms with Crippen LogP contribution in [-0.4, -0.2) is 57.8 Å². The predicted molar refractivity (Wildman–Crippen MR) is 88.8 cm³/mol. The normalized spacial score (nSPS) is 23.2. The molecule has 2 aromatic heterocycles. The molecule has 0 aliphatic carbocycles. The number of furan rings is 1. The smallest absolute Gasteiger partial charge is 0.289 e. The van der Waals surface area contributed by atoms with Crippen LogP contribution in [0.15, 0.2) is 41.4 Å². The summed E-state index contributed by atoms with van der Waals surface area (Å²) in [7, 11) is 0. The lowest BCUT2D eigenvalue weighted by Crippen LogP contribution is -2.47. The number of carbonyl (C=O) groups excluding carboxylic acids is 2. The van der Waals surface area contributed by atoms with Gasteiger partial charge in [-0.2, -0.15) is 0 Å². The Morgan fingerprint density at radius 1 is 1.08 bits per heavy atom. The first-order valence-corrected chi connectivity index (χ1v) is 8.55. The molecule has 2 fully saturated rings. The molecule has 7 heteroatoms. The third kappa shape index (κ3) is 3.01. The lowest BCUT2D eigenvalue weighted by atomic mass is 9.79. The van der Waals surface area contributed by atoms with Crippen LogP contribution in [0.3, 0.4) is 0 Å². The number of likely N-dealkylation sites (tertiary alicyclic amines) is 2. The maximum Gasteiger partial charge on any atom is 0.289 e. The molecule has 4 rings (SSSR count). The molecule has 0 N–H and O–H groups in total. The third-order valence-electron chi connectivity index (χ3n) is 5.19. The highest BCUT2D eigenvalue weighted by Crippen LogP contribution is 2.39. The number of aromatic nitrogens is 2. The lowest BCUT2D eigenvalue weighted by molar-refractivity contribution is 0.0506. The van der Waals surface area contributed by atoms with Crippen LogP contribution < -0.4 is 0 Å². The summed E-state index contributed by atoms with van der Waals surface area (Å²) in [5.41, 5.74) is 0.347. The number of nitrogens with zero attached hydrogens (tertiary/aromatic N) is 4. The van der Waals surface area contributed by atoms with Gasteiger partial charge in [0.05, 0.1) is 12.5 Å². The Hall–Kier alpha value is -2.70. The molecule has 1 unspecified atom stereocenters. The number of carbonyl (C=O) groups is 2. The summed E-state index contributed by atoms with van der Waals surface area (Å²) in [6.07, 6.45) is 8.99. The van der Waals surface area contributed by atoms with Gasteiger partial charge in [0.15, 0.2) is 5.76 Å². The lowest BCUT2D eigenvalue weighted by Gasteiger charge is -2.40. The minimum Gasteiger partial charge on any atom is -0.459 e. The first-order valence-electron chi connectivity index (χ1n) is 8.55. The second-order valence-electron chi connectivity index (χ2n) is 6.87. The third-order valence-corrected chi connectivity index (χ3v) is 5.19. The zero-order valence-electron chi connectivity index (χ0n) is 13.9. The molecule has 7 nitrogen and oxygen atoms in total. The average molecular weight is 340 g/mol. The molecule has 2 aromatic rings. The Balaban J connectivity index is 1.46. The van der Waals surface area contributed by atoms with Crippen molar-refractivity contribution in [1.29, 1.82) is 0 Å². The first kappa shape index (κ1) is 15.8. The summed E-state index contributed by atoms with van der Waals surface area (Å²) < 4.78 is 5.23. The topological polar surface area (TPSA) is 79.5 Å². The molecule has 0 aromatic carbocycles. The van der Waals surface area contributed by atoms with E-state index in [-0.39, 0.29) is 17.2 Å². The van der Waals surface area contributed by atoms with Crippen LogP contribution in [0.4, 0.5) is 0 Å². The van der Waals surface area contributed by atoms with Gasteiger partial charge >= 0.3 is 0 Å². The van der Waals surface area contributed by atoms with Crippen molar-refractivity contribution >= 4 is 11.8 Å². The van der Waals surface area contributed by atoms with Crippen molar-refractivity contribution < 1.29 is 14.0 Å². The molecular weight excluding hydrogens is 320 g/mol. The molecule has 130 valence electrons. The number of piperidine rings is 1. The molecule has 2 amide bonds. The van der Waals surface area contributed by atoms with E-state index in [0.29, 0.717) is 31.1 Å². The summed E-state index contributed by atoms with van der Waals surface area (Å²) in [4.78, 5) is 37.0. The van der Waals surface area contributed by atoms with Crippen LogP contribution in [0, 0.1) is 5.41 Å². The molecule has 1 atom stereocenters. The van der Waals surface area contributed by atoms with Crippen LogP contribution >= 0.6 is 0 Å². The maximum absolute atomic E-state index is 12.7. The number of rotatable bonds is 2. The Morgan fingerprint density at radius 2 is 1.92 bits per heavy atom. The van der Waals surface area contributed by atoms with Gasteiger partial charge < -0.3 is 14.2 Å². The fourth-order valence-electron chi connectivity index (χ4n) is 3.95. The molecular formula is C18H20N4O3. The summed E-state index contributed by atoms with van der Waals surface area (Å²) in [5.74, 6) is 0.225. The van der Waals surface area contributed by atoms with Crippen LogP contribution in [0.2, 0.25) is 0 Å². The zero-order chi connectivity index (χ0) is 17.3. The fourth-order valence-corrected chi connectivity index (χ4v) is 3.95. The molecule has 2 saturated heterocycles. The van der Waals surface area contributed by atoms with Crippen molar-refractivity contribution in [2.45, 2.75) is 19.3 Å². The van der Waals surface area contributed by atoms with Crippen molar-refractivity contribution in [2.75, 3.05) is 26.2 Å². The summed E-state index contributed by atoms with van der Waals surface area (Å²) in [6, 6.07) is 3.42. The highest BCUT2D eigenvalue weighted by Gasteiger charge is 2.44. The van der Waals surface area contributed by atoms with E-state index in [9.17, 15) is 9.59 Å². The average Bonchev–Trinajstić information content (AvgIpc) is 3.32. The summed E-state index contributed by atoms with van der Waals surface area (Å²) in [6.45, 7) is 2.75. The number of hydrogen-bond acceptors (Lipinski definition) is 5. The van der Waals surface area contributed by atoms with Crippen molar-refractivity contribution in [2.24, 2.45) is 5.41 Å². The molecule has 25 heavy (non-hydrogen) atoms. The minimum atomic E-state index is -0.0806. The molecule has 0 saturated carbocycles. The quantitative estimate of drug-likeness (QED) is 0.833. The van der Waals surface area contributed by atoms with E-state index in [1.54, 1.807) is 18.3 Å². The van der Waals surface area contributed by atoms with Gasteiger partial charge in [0.2, 0.25) is 0 Å². The maximum atomic E-state index is 12.7. The molecule has 0 bridgehead atoms. The standard InChI is InChI=1S/C18H20N4O3/c23-16(14-11-19-6-7-20-14)21-8-2-4-18(12-21)5-9-22(13-18)17(24)15-3-1-10-25-15/h1,3,6-7,10-11H,2,4-5,8-9,12-13H2. The Kier molecular flexibility index (Phi) is 3.99. The zero-order valence-corrected chi connectivity index (χ0v) is 13.9. The SMILES string of the molecule is O=C(c1cnccn1)N1CCCC2(CCN(C(=O)c3ccco3)C2)C1. The van der Waals surface area contributed by atoms with Gasteiger partial charge in [-0.3, -0.25) is 14.6 Å². The van der Waals surface area contributed by atoms with E-state index in [0.717, 1.165) is 25.8 Å². The van der Waals surface area contributed by atoms with Crippen LogP contribution in [0.5, 0.6) is 0 Å². The predicted octanol–water partition coefficient (Wildman–Crippen LogP) is 1.84. The van der Waals surface area contributed by atoms with E-state index >= 15 is 0 Å². The first-order chi connectivity index (χ1) is 12.2. The molecule has 2 aliphatic rings. The van der Waals surface area contributed by atoms with Gasteiger partial charge in [-0.15, -0.1) is 0 Å². The summed E-state index contributed by atoms with van der Waals surface area (Å²) >= 11 is 0. The highest BCUT2D eigenvalue weighted by atomic mass is 16.3. The van der Waals surface area contributed by atoms with E-state index in [4.69, 9.17) is 4.42 Å². The number of hydrogen-bond donors (Lipinski definition) is 0. The largest absolute Gasteiger partial charge is 0.459 e. The van der Waals surface area contributed by atoms with E-state index in [1.807, 2.05) is 9.80 Å².